The van der Waals surface area contributed by atoms with Crippen molar-refractivity contribution in [3.63, 3.8) is 0 Å². The number of hydrogen-bond donors (Lipinski definition) is 0. The van der Waals surface area contributed by atoms with Crippen molar-refractivity contribution in [3.05, 3.63) is 27.5 Å². The fourth-order valence-electron chi connectivity index (χ4n) is 1.08. The van der Waals surface area contributed by atoms with Gasteiger partial charge in [0.1, 0.15) is 0 Å². The standard InChI is InChI=1S/C9H6BrClF2N2/c10-6-3-5(9(12)13)7(1-2-14)15-8(6)4-11/h3,9H,1,4H2. The summed E-state index contributed by atoms with van der Waals surface area (Å²) in [6, 6.07) is 3.06. The van der Waals surface area contributed by atoms with Crippen molar-refractivity contribution >= 4 is 27.5 Å². The van der Waals surface area contributed by atoms with Crippen molar-refractivity contribution in [1.82, 2.24) is 4.98 Å². The molecule has 0 aliphatic rings. The smallest absolute Gasteiger partial charge is 0.254 e. The molecular weight excluding hydrogens is 289 g/mol. The maximum absolute atomic E-state index is 12.6. The van der Waals surface area contributed by atoms with Gasteiger partial charge < -0.3 is 0 Å². The Kier molecular flexibility index (Phi) is 4.43. The average molecular weight is 296 g/mol. The lowest BCUT2D eigenvalue weighted by Crippen LogP contribution is -2.01. The van der Waals surface area contributed by atoms with E-state index >= 15 is 0 Å². The first kappa shape index (κ1) is 12.3. The Bertz CT molecular complexity index is 404. The molecule has 1 heterocycles. The summed E-state index contributed by atoms with van der Waals surface area (Å²) in [4.78, 5) is 3.92. The number of rotatable bonds is 3. The van der Waals surface area contributed by atoms with Crippen LogP contribution in [0.2, 0.25) is 0 Å². The van der Waals surface area contributed by atoms with Gasteiger partial charge in [0.15, 0.2) is 0 Å². The van der Waals surface area contributed by atoms with Crippen LogP contribution in [0.15, 0.2) is 10.5 Å². The van der Waals surface area contributed by atoms with E-state index in [2.05, 4.69) is 20.9 Å². The molecule has 0 saturated carbocycles. The molecule has 0 spiro atoms. The molecule has 0 aromatic carbocycles. The Morgan fingerprint density at radius 2 is 2.20 bits per heavy atom. The summed E-state index contributed by atoms with van der Waals surface area (Å²) in [6.07, 6.45) is -2.78. The topological polar surface area (TPSA) is 36.7 Å². The molecule has 0 saturated heterocycles. The molecule has 15 heavy (non-hydrogen) atoms. The summed E-state index contributed by atoms with van der Waals surface area (Å²) in [5.41, 5.74) is 0.329. The molecule has 0 fully saturated rings. The van der Waals surface area contributed by atoms with Gasteiger partial charge >= 0.3 is 0 Å². The Balaban J connectivity index is 3.26. The van der Waals surface area contributed by atoms with Crippen LogP contribution in [0, 0.1) is 11.3 Å². The van der Waals surface area contributed by atoms with E-state index in [1.165, 1.54) is 6.07 Å². The zero-order chi connectivity index (χ0) is 11.4. The number of alkyl halides is 3. The predicted molar refractivity (Wildman–Crippen MR) is 55.8 cm³/mol. The van der Waals surface area contributed by atoms with Crippen LogP contribution >= 0.6 is 27.5 Å². The van der Waals surface area contributed by atoms with Crippen LogP contribution in [0.1, 0.15) is 23.4 Å². The number of pyridine rings is 1. The lowest BCUT2D eigenvalue weighted by molar-refractivity contribution is 0.149. The molecule has 1 aromatic heterocycles. The number of halogens is 4. The first-order valence-electron chi connectivity index (χ1n) is 3.99. The normalized spacial score (nSPS) is 10.4. The molecule has 1 rings (SSSR count). The van der Waals surface area contributed by atoms with E-state index in [1.54, 1.807) is 6.07 Å². The molecule has 0 aliphatic heterocycles. The first-order valence-corrected chi connectivity index (χ1v) is 5.32. The second kappa shape index (κ2) is 5.38. The van der Waals surface area contributed by atoms with Crippen LogP contribution in [0.3, 0.4) is 0 Å². The van der Waals surface area contributed by atoms with E-state index in [-0.39, 0.29) is 23.6 Å². The molecule has 0 aliphatic carbocycles. The summed E-state index contributed by atoms with van der Waals surface area (Å²) in [5, 5.41) is 8.48. The average Bonchev–Trinajstić information content (AvgIpc) is 2.20. The SMILES string of the molecule is N#CCc1nc(CCl)c(Br)cc1C(F)F. The highest BCUT2D eigenvalue weighted by molar-refractivity contribution is 9.10. The summed E-state index contributed by atoms with van der Waals surface area (Å²) in [7, 11) is 0. The third-order valence-electron chi connectivity index (χ3n) is 1.77. The minimum atomic E-state index is -2.64. The van der Waals surface area contributed by atoms with Crippen molar-refractivity contribution < 1.29 is 8.78 Å². The van der Waals surface area contributed by atoms with Crippen LogP contribution in [-0.4, -0.2) is 4.98 Å². The van der Waals surface area contributed by atoms with Gasteiger partial charge in [0.2, 0.25) is 0 Å². The van der Waals surface area contributed by atoms with Crippen LogP contribution in [0.25, 0.3) is 0 Å². The van der Waals surface area contributed by atoms with Gasteiger partial charge in [-0.05, 0) is 22.0 Å². The van der Waals surface area contributed by atoms with E-state index in [1.807, 2.05) is 0 Å². The van der Waals surface area contributed by atoms with Gasteiger partial charge in [0.25, 0.3) is 6.43 Å². The third-order valence-corrected chi connectivity index (χ3v) is 2.71. The van der Waals surface area contributed by atoms with E-state index in [4.69, 9.17) is 16.9 Å². The van der Waals surface area contributed by atoms with E-state index < -0.39 is 6.43 Å². The second-order valence-corrected chi connectivity index (χ2v) is 3.84. The van der Waals surface area contributed by atoms with Crippen molar-refractivity contribution in [2.45, 2.75) is 18.7 Å². The molecule has 80 valence electrons. The van der Waals surface area contributed by atoms with Crippen molar-refractivity contribution in [3.8, 4) is 6.07 Å². The molecule has 0 radical (unpaired) electrons. The molecule has 1 aromatic rings. The van der Waals surface area contributed by atoms with Gasteiger partial charge in [-0.1, -0.05) is 0 Å². The molecule has 0 bridgehead atoms. The lowest BCUT2D eigenvalue weighted by atomic mass is 10.1. The summed E-state index contributed by atoms with van der Waals surface area (Å²) < 4.78 is 25.6. The number of nitrogens with zero attached hydrogens (tertiary/aromatic N) is 2. The minimum absolute atomic E-state index is 0.0892. The molecule has 2 nitrogen and oxygen atoms in total. The molecule has 0 atom stereocenters. The first-order chi connectivity index (χ1) is 7.10. The molecule has 6 heteroatoms. The van der Waals surface area contributed by atoms with Crippen molar-refractivity contribution in [2.75, 3.05) is 0 Å². The molecule has 0 N–H and O–H groups in total. The van der Waals surface area contributed by atoms with Gasteiger partial charge in [-0.25, -0.2) is 8.78 Å². The highest BCUT2D eigenvalue weighted by atomic mass is 79.9. The Labute approximate surface area is 99.0 Å². The minimum Gasteiger partial charge on any atom is -0.254 e. The Hall–Kier alpha value is -0.730. The molecule has 0 unspecified atom stereocenters. The van der Waals surface area contributed by atoms with Crippen molar-refractivity contribution in [2.24, 2.45) is 0 Å². The summed E-state index contributed by atoms with van der Waals surface area (Å²) in [5.74, 6) is 0.114. The van der Waals surface area contributed by atoms with Gasteiger partial charge in [-0.15, -0.1) is 11.6 Å². The fraction of sp³-hybridized carbons (Fsp3) is 0.333. The second-order valence-electron chi connectivity index (χ2n) is 2.72. The van der Waals surface area contributed by atoms with Crippen LogP contribution in [0.5, 0.6) is 0 Å². The third kappa shape index (κ3) is 2.86. The lowest BCUT2D eigenvalue weighted by Gasteiger charge is -2.08. The maximum Gasteiger partial charge on any atom is 0.265 e. The Morgan fingerprint density at radius 3 is 2.67 bits per heavy atom. The highest BCUT2D eigenvalue weighted by Crippen LogP contribution is 2.27. The fourth-order valence-corrected chi connectivity index (χ4v) is 1.92. The zero-order valence-corrected chi connectivity index (χ0v) is 9.82. The van der Waals surface area contributed by atoms with Crippen molar-refractivity contribution in [1.29, 1.82) is 5.26 Å². The van der Waals surface area contributed by atoms with Crippen LogP contribution < -0.4 is 0 Å². The van der Waals surface area contributed by atoms with Gasteiger partial charge in [0.05, 0.1) is 29.8 Å². The van der Waals surface area contributed by atoms with E-state index in [0.717, 1.165) is 0 Å². The molecule has 0 amide bonds. The number of aromatic nitrogens is 1. The van der Waals surface area contributed by atoms with E-state index in [0.29, 0.717) is 10.2 Å². The quantitative estimate of drug-likeness (QED) is 0.799. The largest absolute Gasteiger partial charge is 0.265 e. The van der Waals surface area contributed by atoms with Crippen LogP contribution in [-0.2, 0) is 12.3 Å². The zero-order valence-electron chi connectivity index (χ0n) is 7.48. The van der Waals surface area contributed by atoms with Gasteiger partial charge in [-0.3, -0.25) is 4.98 Å². The van der Waals surface area contributed by atoms with Gasteiger partial charge in [0, 0.05) is 10.0 Å². The number of hydrogen-bond acceptors (Lipinski definition) is 2. The molecular formula is C9H6BrClF2N2. The monoisotopic (exact) mass is 294 g/mol. The summed E-state index contributed by atoms with van der Waals surface area (Å²) >= 11 is 8.67. The number of nitriles is 1. The predicted octanol–water partition coefficient (Wildman–Crippen LogP) is 3.59. The summed E-state index contributed by atoms with van der Waals surface area (Å²) in [6.45, 7) is 0. The highest BCUT2D eigenvalue weighted by Gasteiger charge is 2.16. The maximum atomic E-state index is 12.6. The van der Waals surface area contributed by atoms with E-state index in [9.17, 15) is 8.78 Å². The van der Waals surface area contributed by atoms with Crippen LogP contribution in [0.4, 0.5) is 8.78 Å². The van der Waals surface area contributed by atoms with Gasteiger partial charge in [-0.2, -0.15) is 5.26 Å². The Morgan fingerprint density at radius 1 is 1.53 bits per heavy atom.